The molecule has 2 aromatic carbocycles. The van der Waals surface area contributed by atoms with Crippen LogP contribution in [-0.4, -0.2) is 39.7 Å². The van der Waals surface area contributed by atoms with E-state index < -0.39 is 0 Å². The van der Waals surface area contributed by atoms with Gasteiger partial charge in [0, 0.05) is 23.7 Å². The molecule has 0 aliphatic rings. The van der Waals surface area contributed by atoms with Gasteiger partial charge in [-0.3, -0.25) is 4.79 Å². The first-order valence-corrected chi connectivity index (χ1v) is 13.1. The van der Waals surface area contributed by atoms with Crippen molar-refractivity contribution in [2.75, 3.05) is 23.7 Å². The topological polar surface area (TPSA) is 79.3 Å². The van der Waals surface area contributed by atoms with Crippen molar-refractivity contribution >= 4 is 23.4 Å². The number of hydrogen-bond acceptors (Lipinski definition) is 3. The van der Waals surface area contributed by atoms with Crippen molar-refractivity contribution in [1.82, 2.24) is 14.7 Å². The minimum Gasteiger partial charge on any atom is -0.315 e. The van der Waals surface area contributed by atoms with Gasteiger partial charge in [-0.2, -0.15) is 5.10 Å². The molecular formula is C30H41N5O2. The number of urea groups is 1. The monoisotopic (exact) mass is 503 g/mol. The summed E-state index contributed by atoms with van der Waals surface area (Å²) in [5, 5.41) is 10.9. The molecule has 0 atom stereocenters. The maximum atomic E-state index is 13.3. The van der Waals surface area contributed by atoms with Gasteiger partial charge < -0.3 is 15.5 Å². The molecule has 2 N–H and O–H groups in total. The van der Waals surface area contributed by atoms with E-state index in [2.05, 4.69) is 38.3 Å². The Labute approximate surface area is 221 Å². The third-order valence-electron chi connectivity index (χ3n) is 6.36. The lowest BCUT2D eigenvalue weighted by molar-refractivity contribution is -0.116. The zero-order valence-corrected chi connectivity index (χ0v) is 23.3. The van der Waals surface area contributed by atoms with E-state index in [1.54, 1.807) is 9.58 Å². The highest BCUT2D eigenvalue weighted by molar-refractivity contribution is 5.97. The average molecular weight is 504 g/mol. The highest BCUT2D eigenvalue weighted by atomic mass is 16.2. The number of hydrogen-bond donors (Lipinski definition) is 2. The molecule has 198 valence electrons. The normalized spacial score (nSPS) is 11.3. The van der Waals surface area contributed by atoms with Gasteiger partial charge in [0.25, 0.3) is 0 Å². The number of para-hydroxylation sites is 1. The maximum absolute atomic E-state index is 13.3. The van der Waals surface area contributed by atoms with E-state index in [1.807, 2.05) is 69.3 Å². The Morgan fingerprint density at radius 3 is 2.24 bits per heavy atom. The number of rotatable bonds is 9. The molecule has 0 aliphatic heterocycles. The Morgan fingerprint density at radius 1 is 0.946 bits per heavy atom. The highest BCUT2D eigenvalue weighted by Crippen LogP contribution is 2.27. The quantitative estimate of drug-likeness (QED) is 0.317. The summed E-state index contributed by atoms with van der Waals surface area (Å²) in [5.41, 5.74) is 5.43. The van der Waals surface area contributed by atoms with Crippen LogP contribution in [0.15, 0.2) is 48.5 Å². The number of carbonyl (C=O) groups is 2. The van der Waals surface area contributed by atoms with E-state index >= 15 is 0 Å². The summed E-state index contributed by atoms with van der Waals surface area (Å²) in [6.07, 6.45) is 2.85. The molecule has 3 aromatic rings. The summed E-state index contributed by atoms with van der Waals surface area (Å²) in [7, 11) is 0. The van der Waals surface area contributed by atoms with E-state index in [-0.39, 0.29) is 23.9 Å². The Morgan fingerprint density at radius 2 is 1.62 bits per heavy atom. The molecular weight excluding hydrogens is 462 g/mol. The Balaban J connectivity index is 1.83. The Hall–Kier alpha value is -3.61. The zero-order chi connectivity index (χ0) is 27.2. The molecule has 0 bridgehead atoms. The van der Waals surface area contributed by atoms with Gasteiger partial charge in [-0.25, -0.2) is 9.48 Å². The first-order valence-electron chi connectivity index (χ1n) is 13.1. The molecule has 3 rings (SSSR count). The second kappa shape index (κ2) is 12.1. The van der Waals surface area contributed by atoms with Crippen molar-refractivity contribution in [2.45, 2.75) is 73.1 Å². The lowest BCUT2D eigenvalue weighted by Gasteiger charge is -2.24. The van der Waals surface area contributed by atoms with Gasteiger partial charge in [0.1, 0.15) is 12.4 Å². The lowest BCUT2D eigenvalue weighted by atomic mass is 9.92. The van der Waals surface area contributed by atoms with Gasteiger partial charge in [-0.1, -0.05) is 70.9 Å². The second-order valence-corrected chi connectivity index (χ2v) is 10.8. The van der Waals surface area contributed by atoms with Crippen LogP contribution in [0.1, 0.15) is 69.3 Å². The standard InChI is InChI=1S/C30H41N5O2/c1-8-9-10-17-34(29(37)32-28-22(3)14-12-15-23(28)4)20-27(36)31-26-19-25(30(5,6)7)33-35(26)24-16-11-13-21(2)18-24/h11-16,18-19H,8-10,17,20H2,1-7H3,(H,31,36)(H,32,37). The summed E-state index contributed by atoms with van der Waals surface area (Å²) in [6, 6.07) is 15.6. The van der Waals surface area contributed by atoms with Crippen molar-refractivity contribution in [3.05, 3.63) is 70.9 Å². The van der Waals surface area contributed by atoms with Crippen LogP contribution in [0.4, 0.5) is 16.3 Å². The van der Waals surface area contributed by atoms with Crippen molar-refractivity contribution in [1.29, 1.82) is 0 Å². The van der Waals surface area contributed by atoms with Crippen molar-refractivity contribution in [3.63, 3.8) is 0 Å². The van der Waals surface area contributed by atoms with Crippen LogP contribution in [0.2, 0.25) is 0 Å². The number of amides is 3. The lowest BCUT2D eigenvalue weighted by Crippen LogP contribution is -2.41. The Bertz CT molecular complexity index is 1220. The van der Waals surface area contributed by atoms with E-state index in [0.717, 1.165) is 53.0 Å². The van der Waals surface area contributed by atoms with Gasteiger partial charge in [-0.05, 0) is 56.0 Å². The average Bonchev–Trinajstić information content (AvgIpc) is 3.25. The first-order chi connectivity index (χ1) is 17.5. The van der Waals surface area contributed by atoms with Gasteiger partial charge in [-0.15, -0.1) is 0 Å². The van der Waals surface area contributed by atoms with Gasteiger partial charge in [0.15, 0.2) is 0 Å². The van der Waals surface area contributed by atoms with E-state index in [0.29, 0.717) is 12.4 Å². The highest BCUT2D eigenvalue weighted by Gasteiger charge is 2.23. The van der Waals surface area contributed by atoms with Crippen molar-refractivity contribution in [3.8, 4) is 5.69 Å². The molecule has 0 aliphatic carbocycles. The SMILES string of the molecule is CCCCCN(CC(=O)Nc1cc(C(C)(C)C)nn1-c1cccc(C)c1)C(=O)Nc1c(C)cccc1C. The van der Waals surface area contributed by atoms with Crippen LogP contribution in [-0.2, 0) is 10.2 Å². The number of unbranched alkanes of at least 4 members (excludes halogenated alkanes) is 2. The molecule has 0 fully saturated rings. The molecule has 1 heterocycles. The fraction of sp³-hybridized carbons (Fsp3) is 0.433. The van der Waals surface area contributed by atoms with Crippen molar-refractivity contribution in [2.24, 2.45) is 0 Å². The number of nitrogens with one attached hydrogen (secondary N) is 2. The molecule has 3 amide bonds. The molecule has 7 nitrogen and oxygen atoms in total. The summed E-state index contributed by atoms with van der Waals surface area (Å²) in [4.78, 5) is 28.2. The fourth-order valence-corrected chi connectivity index (χ4v) is 4.15. The minimum absolute atomic E-state index is 0.0513. The third-order valence-corrected chi connectivity index (χ3v) is 6.36. The first kappa shape index (κ1) is 28.0. The third kappa shape index (κ3) is 7.44. The predicted octanol–water partition coefficient (Wildman–Crippen LogP) is 6.76. The fourth-order valence-electron chi connectivity index (χ4n) is 4.15. The maximum Gasteiger partial charge on any atom is 0.322 e. The molecule has 0 radical (unpaired) electrons. The Kier molecular flexibility index (Phi) is 9.14. The molecule has 1 aromatic heterocycles. The van der Waals surface area contributed by atoms with Crippen LogP contribution >= 0.6 is 0 Å². The van der Waals surface area contributed by atoms with Crippen LogP contribution < -0.4 is 10.6 Å². The molecule has 7 heteroatoms. The van der Waals surface area contributed by atoms with Gasteiger partial charge >= 0.3 is 6.03 Å². The number of aryl methyl sites for hydroxylation is 3. The molecule has 0 unspecified atom stereocenters. The van der Waals surface area contributed by atoms with Crippen LogP contribution in [0.5, 0.6) is 0 Å². The summed E-state index contributed by atoms with van der Waals surface area (Å²) in [5.74, 6) is 0.326. The molecule has 37 heavy (non-hydrogen) atoms. The van der Waals surface area contributed by atoms with E-state index in [1.165, 1.54) is 0 Å². The molecule has 0 saturated heterocycles. The number of benzene rings is 2. The van der Waals surface area contributed by atoms with Crippen LogP contribution in [0.25, 0.3) is 5.69 Å². The summed E-state index contributed by atoms with van der Waals surface area (Å²) < 4.78 is 1.77. The minimum atomic E-state index is -0.272. The largest absolute Gasteiger partial charge is 0.322 e. The van der Waals surface area contributed by atoms with Gasteiger partial charge in [0.2, 0.25) is 5.91 Å². The summed E-state index contributed by atoms with van der Waals surface area (Å²) >= 11 is 0. The number of anilines is 2. The van der Waals surface area contributed by atoms with Crippen LogP contribution in [0, 0.1) is 20.8 Å². The van der Waals surface area contributed by atoms with E-state index in [4.69, 9.17) is 5.10 Å². The van der Waals surface area contributed by atoms with E-state index in [9.17, 15) is 9.59 Å². The molecule has 0 saturated carbocycles. The zero-order valence-electron chi connectivity index (χ0n) is 23.3. The molecule has 0 spiro atoms. The summed E-state index contributed by atoms with van der Waals surface area (Å²) in [6.45, 7) is 14.8. The predicted molar refractivity (Wildman–Crippen MR) is 152 cm³/mol. The van der Waals surface area contributed by atoms with Crippen molar-refractivity contribution < 1.29 is 9.59 Å². The van der Waals surface area contributed by atoms with Gasteiger partial charge in [0.05, 0.1) is 11.4 Å². The smallest absolute Gasteiger partial charge is 0.315 e. The second-order valence-electron chi connectivity index (χ2n) is 10.8. The number of carbonyl (C=O) groups excluding carboxylic acids is 2. The number of aromatic nitrogens is 2. The number of nitrogens with zero attached hydrogens (tertiary/aromatic N) is 3. The van der Waals surface area contributed by atoms with Crippen LogP contribution in [0.3, 0.4) is 0 Å².